The van der Waals surface area contributed by atoms with E-state index in [1.54, 1.807) is 17.1 Å². The summed E-state index contributed by atoms with van der Waals surface area (Å²) in [6, 6.07) is 3.80. The van der Waals surface area contributed by atoms with E-state index in [-0.39, 0.29) is 0 Å². The standard InChI is InChI=1S/C11H8ClN5/c1-7-9(3-2-4-13-7)17-11-8(5-16-17)10(12)14-6-15-11/h2-6H,1H3. The Morgan fingerprint density at radius 2 is 2.12 bits per heavy atom. The topological polar surface area (TPSA) is 56.5 Å². The van der Waals surface area contributed by atoms with Crippen LogP contribution in [-0.2, 0) is 0 Å². The normalized spacial score (nSPS) is 10.9. The van der Waals surface area contributed by atoms with E-state index in [0.29, 0.717) is 10.8 Å². The molecule has 0 amide bonds. The molecule has 0 aliphatic rings. The molecule has 0 radical (unpaired) electrons. The smallest absolute Gasteiger partial charge is 0.167 e. The van der Waals surface area contributed by atoms with Crippen molar-refractivity contribution in [2.45, 2.75) is 6.92 Å². The third-order valence-electron chi connectivity index (χ3n) is 2.52. The van der Waals surface area contributed by atoms with E-state index in [9.17, 15) is 0 Å². The molecule has 0 spiro atoms. The highest BCUT2D eigenvalue weighted by molar-refractivity contribution is 6.33. The monoisotopic (exact) mass is 245 g/mol. The molecule has 0 saturated carbocycles. The molecular weight excluding hydrogens is 238 g/mol. The molecule has 3 aromatic rings. The van der Waals surface area contributed by atoms with Gasteiger partial charge in [0.1, 0.15) is 11.5 Å². The van der Waals surface area contributed by atoms with Gasteiger partial charge in [-0.3, -0.25) is 4.98 Å². The highest BCUT2D eigenvalue weighted by atomic mass is 35.5. The maximum absolute atomic E-state index is 5.98. The summed E-state index contributed by atoms with van der Waals surface area (Å²) in [6.45, 7) is 1.92. The zero-order chi connectivity index (χ0) is 11.8. The molecule has 0 aromatic carbocycles. The van der Waals surface area contributed by atoms with Crippen molar-refractivity contribution in [2.75, 3.05) is 0 Å². The molecule has 0 N–H and O–H groups in total. The number of nitrogens with zero attached hydrogens (tertiary/aromatic N) is 5. The fraction of sp³-hybridized carbons (Fsp3) is 0.0909. The Hall–Kier alpha value is -2.01. The summed E-state index contributed by atoms with van der Waals surface area (Å²) in [4.78, 5) is 12.3. The van der Waals surface area contributed by atoms with Crippen LogP contribution in [-0.4, -0.2) is 24.7 Å². The lowest BCUT2D eigenvalue weighted by molar-refractivity contribution is 0.876. The summed E-state index contributed by atoms with van der Waals surface area (Å²) in [6.07, 6.45) is 4.82. The van der Waals surface area contributed by atoms with Gasteiger partial charge in [0.15, 0.2) is 5.65 Å². The van der Waals surface area contributed by atoms with Crippen LogP contribution < -0.4 is 0 Å². The first kappa shape index (κ1) is 10.2. The van der Waals surface area contributed by atoms with Gasteiger partial charge in [-0.1, -0.05) is 11.6 Å². The molecule has 3 heterocycles. The zero-order valence-corrected chi connectivity index (χ0v) is 9.76. The van der Waals surface area contributed by atoms with Crippen LogP contribution in [0, 0.1) is 6.92 Å². The Kier molecular flexibility index (Phi) is 2.26. The lowest BCUT2D eigenvalue weighted by Crippen LogP contribution is -2.01. The van der Waals surface area contributed by atoms with Crippen molar-refractivity contribution >= 4 is 22.6 Å². The zero-order valence-electron chi connectivity index (χ0n) is 9.00. The van der Waals surface area contributed by atoms with Gasteiger partial charge in [-0.05, 0) is 19.1 Å². The van der Waals surface area contributed by atoms with Gasteiger partial charge < -0.3 is 0 Å². The van der Waals surface area contributed by atoms with Crippen molar-refractivity contribution in [3.05, 3.63) is 41.7 Å². The fourth-order valence-electron chi connectivity index (χ4n) is 1.69. The number of hydrogen-bond acceptors (Lipinski definition) is 4. The van der Waals surface area contributed by atoms with Crippen LogP contribution in [0.15, 0.2) is 30.9 Å². The molecule has 0 aliphatic heterocycles. The predicted octanol–water partition coefficient (Wildman–Crippen LogP) is 2.17. The van der Waals surface area contributed by atoms with Crippen molar-refractivity contribution in [1.82, 2.24) is 24.7 Å². The molecule has 0 aliphatic carbocycles. The van der Waals surface area contributed by atoms with Crippen LogP contribution in [0.2, 0.25) is 5.15 Å². The van der Waals surface area contributed by atoms with Gasteiger partial charge in [0.25, 0.3) is 0 Å². The van der Waals surface area contributed by atoms with Crippen LogP contribution >= 0.6 is 11.6 Å². The minimum atomic E-state index is 0.405. The molecule has 3 rings (SSSR count). The predicted molar refractivity (Wildman–Crippen MR) is 64.2 cm³/mol. The van der Waals surface area contributed by atoms with Gasteiger partial charge in [0.05, 0.1) is 23.0 Å². The number of fused-ring (bicyclic) bond motifs is 1. The average molecular weight is 246 g/mol. The first-order valence-corrected chi connectivity index (χ1v) is 5.41. The molecule has 84 valence electrons. The second-order valence-electron chi connectivity index (χ2n) is 3.57. The number of halogens is 1. The van der Waals surface area contributed by atoms with Crippen molar-refractivity contribution in [3.8, 4) is 5.69 Å². The largest absolute Gasteiger partial charge is 0.259 e. The highest BCUT2D eigenvalue weighted by Gasteiger charge is 2.11. The van der Waals surface area contributed by atoms with E-state index in [2.05, 4.69) is 20.1 Å². The highest BCUT2D eigenvalue weighted by Crippen LogP contribution is 2.21. The van der Waals surface area contributed by atoms with Gasteiger partial charge in [-0.25, -0.2) is 14.6 Å². The fourth-order valence-corrected chi connectivity index (χ4v) is 1.87. The van der Waals surface area contributed by atoms with E-state index < -0.39 is 0 Å². The van der Waals surface area contributed by atoms with Gasteiger partial charge >= 0.3 is 0 Å². The molecule has 6 heteroatoms. The number of rotatable bonds is 1. The molecule has 0 unspecified atom stereocenters. The van der Waals surface area contributed by atoms with Gasteiger partial charge in [0.2, 0.25) is 0 Å². The van der Waals surface area contributed by atoms with Crippen LogP contribution in [0.1, 0.15) is 5.69 Å². The number of hydrogen-bond donors (Lipinski definition) is 0. The number of pyridine rings is 1. The number of aromatic nitrogens is 5. The summed E-state index contributed by atoms with van der Waals surface area (Å²) >= 11 is 5.98. The Bertz CT molecular complexity index is 691. The summed E-state index contributed by atoms with van der Waals surface area (Å²) < 4.78 is 1.71. The van der Waals surface area contributed by atoms with E-state index in [0.717, 1.165) is 16.8 Å². The summed E-state index contributed by atoms with van der Waals surface area (Å²) in [5.74, 6) is 0. The van der Waals surface area contributed by atoms with Crippen molar-refractivity contribution in [2.24, 2.45) is 0 Å². The van der Waals surface area contributed by atoms with Crippen LogP contribution in [0.25, 0.3) is 16.7 Å². The summed E-state index contributed by atoms with van der Waals surface area (Å²) in [5, 5.41) is 5.42. The summed E-state index contributed by atoms with van der Waals surface area (Å²) in [5.41, 5.74) is 2.45. The van der Waals surface area contributed by atoms with Gasteiger partial charge in [-0.15, -0.1) is 0 Å². The first-order valence-electron chi connectivity index (χ1n) is 5.03. The Morgan fingerprint density at radius 3 is 2.94 bits per heavy atom. The van der Waals surface area contributed by atoms with E-state index in [1.807, 2.05) is 19.1 Å². The third kappa shape index (κ3) is 1.55. The molecule has 0 fully saturated rings. The molecule has 0 bridgehead atoms. The molecule has 0 saturated heterocycles. The Balaban J connectivity index is 2.33. The second kappa shape index (κ2) is 3.78. The lowest BCUT2D eigenvalue weighted by atomic mass is 10.3. The van der Waals surface area contributed by atoms with Crippen molar-refractivity contribution < 1.29 is 0 Å². The molecule has 5 nitrogen and oxygen atoms in total. The Labute approximate surface area is 102 Å². The maximum atomic E-state index is 5.98. The molecular formula is C11H8ClN5. The lowest BCUT2D eigenvalue weighted by Gasteiger charge is -2.04. The molecule has 3 aromatic heterocycles. The average Bonchev–Trinajstić information content (AvgIpc) is 2.75. The van der Waals surface area contributed by atoms with Crippen LogP contribution in [0.5, 0.6) is 0 Å². The quantitative estimate of drug-likeness (QED) is 0.617. The van der Waals surface area contributed by atoms with Crippen LogP contribution in [0.4, 0.5) is 0 Å². The van der Waals surface area contributed by atoms with Gasteiger partial charge in [-0.2, -0.15) is 5.10 Å². The number of aryl methyl sites for hydroxylation is 1. The van der Waals surface area contributed by atoms with Crippen molar-refractivity contribution in [3.63, 3.8) is 0 Å². The van der Waals surface area contributed by atoms with E-state index in [4.69, 9.17) is 11.6 Å². The maximum Gasteiger partial charge on any atom is 0.167 e. The van der Waals surface area contributed by atoms with Gasteiger partial charge in [0, 0.05) is 6.20 Å². The third-order valence-corrected chi connectivity index (χ3v) is 2.83. The second-order valence-corrected chi connectivity index (χ2v) is 3.92. The van der Waals surface area contributed by atoms with Crippen molar-refractivity contribution in [1.29, 1.82) is 0 Å². The summed E-state index contributed by atoms with van der Waals surface area (Å²) in [7, 11) is 0. The first-order chi connectivity index (χ1) is 8.27. The van der Waals surface area contributed by atoms with Crippen LogP contribution in [0.3, 0.4) is 0 Å². The molecule has 17 heavy (non-hydrogen) atoms. The minimum Gasteiger partial charge on any atom is -0.259 e. The van der Waals surface area contributed by atoms with E-state index >= 15 is 0 Å². The SMILES string of the molecule is Cc1ncccc1-n1ncc2c(Cl)ncnc21. The van der Waals surface area contributed by atoms with E-state index in [1.165, 1.54) is 6.33 Å². The molecule has 0 atom stereocenters. The minimum absolute atomic E-state index is 0.405. The Morgan fingerprint density at radius 1 is 1.24 bits per heavy atom.